The van der Waals surface area contributed by atoms with Crippen molar-refractivity contribution in [1.29, 1.82) is 0 Å². The molecule has 0 aliphatic heterocycles. The molecule has 13 nitrogen and oxygen atoms in total. The topological polar surface area (TPSA) is 128 Å². The van der Waals surface area contributed by atoms with E-state index in [0.717, 1.165) is 25.7 Å². The second-order valence-electron chi connectivity index (χ2n) is 9.53. The molecule has 0 radical (unpaired) electrons. The maximum atomic E-state index is 12.0. The fraction of sp³-hybridized carbons (Fsp3) is 0.968. The fourth-order valence-electron chi connectivity index (χ4n) is 3.48. The molecule has 264 valence electrons. The second kappa shape index (κ2) is 38.2. The van der Waals surface area contributed by atoms with Gasteiger partial charge in [0.1, 0.15) is 6.61 Å². The molecule has 1 unspecified atom stereocenters. The van der Waals surface area contributed by atoms with E-state index in [1.807, 2.05) is 6.92 Å². The Hall–Kier alpha value is -0.970. The summed E-state index contributed by atoms with van der Waals surface area (Å²) in [4.78, 5) is 12.0. The van der Waals surface area contributed by atoms with Crippen molar-refractivity contribution >= 4 is 5.97 Å². The van der Waals surface area contributed by atoms with Gasteiger partial charge in [-0.25, -0.2) is 0 Å². The number of hydrogen-bond acceptors (Lipinski definition) is 13. The number of hydrogen-bond donors (Lipinski definition) is 0. The van der Waals surface area contributed by atoms with Gasteiger partial charge < -0.3 is 56.8 Å². The van der Waals surface area contributed by atoms with Crippen molar-refractivity contribution in [2.75, 3.05) is 152 Å². The van der Waals surface area contributed by atoms with Crippen LogP contribution in [0.3, 0.4) is 0 Å². The van der Waals surface area contributed by atoms with Gasteiger partial charge in [-0.2, -0.15) is 0 Å². The van der Waals surface area contributed by atoms with Gasteiger partial charge in [-0.3, -0.25) is 4.79 Å². The van der Waals surface area contributed by atoms with Gasteiger partial charge in [-0.15, -0.1) is 0 Å². The van der Waals surface area contributed by atoms with Gasteiger partial charge in [0.15, 0.2) is 0 Å². The molecule has 0 aromatic carbocycles. The van der Waals surface area contributed by atoms with E-state index >= 15 is 0 Å². The molecule has 0 fully saturated rings. The normalized spacial score (nSPS) is 12.2. The predicted molar refractivity (Wildman–Crippen MR) is 164 cm³/mol. The molecular weight excluding hydrogens is 580 g/mol. The highest BCUT2D eigenvalue weighted by Crippen LogP contribution is 2.14. The Morgan fingerprint density at radius 1 is 0.432 bits per heavy atom. The summed E-state index contributed by atoms with van der Waals surface area (Å²) in [6.45, 7) is 15.1. The summed E-state index contributed by atoms with van der Waals surface area (Å²) in [7, 11) is 1.64. The van der Waals surface area contributed by atoms with Crippen molar-refractivity contribution in [3.63, 3.8) is 0 Å². The second-order valence-corrected chi connectivity index (χ2v) is 9.53. The molecule has 0 rings (SSSR count). The number of unbranched alkanes of at least 4 members (excludes halogenated alkanes) is 1. The van der Waals surface area contributed by atoms with Crippen LogP contribution in [0.5, 0.6) is 0 Å². The summed E-state index contributed by atoms with van der Waals surface area (Å²) < 4.78 is 64.5. The maximum absolute atomic E-state index is 12.0. The Bertz CT molecular complexity index is 557. The average molecular weight is 643 g/mol. The third-order valence-electron chi connectivity index (χ3n) is 5.98. The van der Waals surface area contributed by atoms with Gasteiger partial charge in [0.25, 0.3) is 0 Å². The fourth-order valence-corrected chi connectivity index (χ4v) is 3.48. The minimum Gasteiger partial charge on any atom is -0.463 e. The van der Waals surface area contributed by atoms with E-state index in [9.17, 15) is 4.79 Å². The monoisotopic (exact) mass is 642 g/mol. The Kier molecular flexibility index (Phi) is 37.4. The third kappa shape index (κ3) is 33.9. The van der Waals surface area contributed by atoms with Crippen molar-refractivity contribution in [3.05, 3.63) is 0 Å². The van der Waals surface area contributed by atoms with E-state index in [1.54, 1.807) is 7.11 Å². The van der Waals surface area contributed by atoms with Crippen molar-refractivity contribution in [3.8, 4) is 0 Å². The van der Waals surface area contributed by atoms with Gasteiger partial charge in [0.05, 0.1) is 145 Å². The Morgan fingerprint density at radius 3 is 0.955 bits per heavy atom. The van der Waals surface area contributed by atoms with Gasteiger partial charge in [-0.1, -0.05) is 26.7 Å². The smallest absolute Gasteiger partial charge is 0.308 e. The highest BCUT2D eigenvalue weighted by molar-refractivity contribution is 5.72. The summed E-state index contributed by atoms with van der Waals surface area (Å²) in [6.07, 6.45) is 3.84. The Labute approximate surface area is 265 Å². The average Bonchev–Trinajstić information content (AvgIpc) is 3.03. The molecule has 0 spiro atoms. The van der Waals surface area contributed by atoms with Crippen LogP contribution in [-0.2, 0) is 61.6 Å². The highest BCUT2D eigenvalue weighted by atomic mass is 16.6. The Morgan fingerprint density at radius 2 is 0.705 bits per heavy atom. The molecule has 0 aliphatic rings. The number of esters is 1. The van der Waals surface area contributed by atoms with Crippen molar-refractivity contribution in [1.82, 2.24) is 0 Å². The molecule has 0 bridgehead atoms. The first-order valence-electron chi connectivity index (χ1n) is 16.2. The lowest BCUT2D eigenvalue weighted by atomic mass is 10.00. The molecule has 1 atom stereocenters. The molecule has 0 N–H and O–H groups in total. The van der Waals surface area contributed by atoms with Crippen LogP contribution in [-0.4, -0.2) is 158 Å². The van der Waals surface area contributed by atoms with Crippen molar-refractivity contribution in [2.45, 2.75) is 39.5 Å². The van der Waals surface area contributed by atoms with Crippen LogP contribution in [0.4, 0.5) is 0 Å². The van der Waals surface area contributed by atoms with E-state index in [0.29, 0.717) is 139 Å². The molecule has 0 heterocycles. The van der Waals surface area contributed by atoms with E-state index in [-0.39, 0.29) is 18.5 Å². The molecule has 0 aliphatic carbocycles. The van der Waals surface area contributed by atoms with Gasteiger partial charge in [-0.05, 0) is 12.8 Å². The zero-order valence-electron chi connectivity index (χ0n) is 27.8. The number of rotatable bonds is 38. The maximum Gasteiger partial charge on any atom is 0.308 e. The van der Waals surface area contributed by atoms with E-state index in [1.165, 1.54) is 0 Å². The van der Waals surface area contributed by atoms with Crippen LogP contribution in [0.15, 0.2) is 0 Å². The SMILES string of the molecule is CCCCC(CC)C(=O)OCCOCCOCCOCCOCCOCCOCCOCCOCCOCCOCCOC. The molecule has 44 heavy (non-hydrogen) atoms. The minimum absolute atomic E-state index is 0.00215. The van der Waals surface area contributed by atoms with Gasteiger partial charge in [0, 0.05) is 7.11 Å². The zero-order valence-corrected chi connectivity index (χ0v) is 27.8. The van der Waals surface area contributed by atoms with Crippen LogP contribution < -0.4 is 0 Å². The summed E-state index contributed by atoms with van der Waals surface area (Å²) in [5.74, 6) is -0.122. The van der Waals surface area contributed by atoms with E-state index < -0.39 is 0 Å². The lowest BCUT2D eigenvalue weighted by Crippen LogP contribution is -2.20. The van der Waals surface area contributed by atoms with Crippen LogP contribution >= 0.6 is 0 Å². The standard InChI is InChI=1S/C31H62O13/c1-4-6-7-30(5-2)31(32)44-29-28-43-27-26-42-25-24-41-23-22-40-21-20-39-19-18-38-17-16-37-15-14-36-13-12-35-11-10-34-9-8-33-3/h30H,4-29H2,1-3H3. The molecule has 0 saturated heterocycles. The van der Waals surface area contributed by atoms with Crippen molar-refractivity contribution < 1.29 is 61.6 Å². The molecule has 0 aromatic heterocycles. The lowest BCUT2D eigenvalue weighted by molar-refractivity contribution is -0.150. The van der Waals surface area contributed by atoms with Crippen LogP contribution in [0.1, 0.15) is 39.5 Å². The molecule has 0 aromatic rings. The number of carbonyl (C=O) groups is 1. The third-order valence-corrected chi connectivity index (χ3v) is 5.98. The quantitative estimate of drug-likeness (QED) is 0.0724. The van der Waals surface area contributed by atoms with Crippen LogP contribution in [0.2, 0.25) is 0 Å². The molecule has 0 amide bonds. The molecular formula is C31H62O13. The first kappa shape index (κ1) is 43.0. The molecule has 0 saturated carbocycles. The highest BCUT2D eigenvalue weighted by Gasteiger charge is 2.16. The number of ether oxygens (including phenoxy) is 12. The van der Waals surface area contributed by atoms with Crippen molar-refractivity contribution in [2.24, 2.45) is 5.92 Å². The number of methoxy groups -OCH3 is 1. The largest absolute Gasteiger partial charge is 0.463 e. The molecule has 13 heteroatoms. The lowest BCUT2D eigenvalue weighted by Gasteiger charge is -2.13. The predicted octanol–water partition coefficient (Wildman–Crippen LogP) is 2.56. The van der Waals surface area contributed by atoms with Gasteiger partial charge in [0.2, 0.25) is 0 Å². The summed E-state index contributed by atoms with van der Waals surface area (Å²) in [5.41, 5.74) is 0. The number of carbonyl (C=O) groups excluding carboxylic acids is 1. The van der Waals surface area contributed by atoms with E-state index in [2.05, 4.69) is 6.92 Å². The Balaban J connectivity index is 3.14. The zero-order chi connectivity index (χ0) is 32.0. The summed E-state index contributed by atoms with van der Waals surface area (Å²) in [6, 6.07) is 0. The summed E-state index contributed by atoms with van der Waals surface area (Å²) >= 11 is 0. The summed E-state index contributed by atoms with van der Waals surface area (Å²) in [5, 5.41) is 0. The minimum atomic E-state index is -0.119. The van der Waals surface area contributed by atoms with E-state index in [4.69, 9.17) is 56.8 Å². The van der Waals surface area contributed by atoms with Crippen LogP contribution in [0.25, 0.3) is 0 Å². The first-order chi connectivity index (χ1) is 21.8. The van der Waals surface area contributed by atoms with Gasteiger partial charge >= 0.3 is 5.97 Å². The first-order valence-corrected chi connectivity index (χ1v) is 16.2. The van der Waals surface area contributed by atoms with Crippen LogP contribution in [0, 0.1) is 5.92 Å².